The molecule has 1 spiro atoms. The molecule has 4 rings (SSSR count). The van der Waals surface area contributed by atoms with Crippen LogP contribution in [-0.4, -0.2) is 50.9 Å². The fraction of sp³-hybridized carbons (Fsp3) is 0.750. The number of rotatable bonds is 3. The number of fused-ring (bicyclic) bond motifs is 3. The van der Waals surface area contributed by atoms with E-state index in [0.29, 0.717) is 12.8 Å². The smallest absolute Gasteiger partial charge is 0.312 e. The van der Waals surface area contributed by atoms with Crippen LogP contribution >= 0.6 is 0 Å². The first-order chi connectivity index (χ1) is 12.6. The number of aliphatic hydroxyl groups is 2. The third kappa shape index (κ3) is 1.92. The number of aliphatic carboxylic acids is 2. The fourth-order valence-corrected chi connectivity index (χ4v) is 7.57. The van der Waals surface area contributed by atoms with Gasteiger partial charge in [-0.05, 0) is 50.4 Å². The number of carbonyl (C=O) groups is 3. The van der Waals surface area contributed by atoms with E-state index in [-0.39, 0.29) is 25.2 Å². The third-order valence-electron chi connectivity index (χ3n) is 8.63. The van der Waals surface area contributed by atoms with Crippen LogP contribution in [0.5, 0.6) is 0 Å². The Morgan fingerprint density at radius 1 is 1.26 bits per heavy atom. The number of carboxylic acids is 2. The van der Waals surface area contributed by atoms with Crippen LogP contribution in [0.3, 0.4) is 0 Å². The van der Waals surface area contributed by atoms with Crippen molar-refractivity contribution in [2.24, 2.45) is 39.9 Å². The molecule has 0 heterocycles. The lowest BCUT2D eigenvalue weighted by molar-refractivity contribution is -0.182. The summed E-state index contributed by atoms with van der Waals surface area (Å²) in [4.78, 5) is 37.2. The van der Waals surface area contributed by atoms with Gasteiger partial charge in [0.05, 0.1) is 23.5 Å². The Hall–Kier alpha value is -1.73. The molecule has 4 aliphatic carbocycles. The van der Waals surface area contributed by atoms with Crippen molar-refractivity contribution in [3.05, 3.63) is 12.2 Å². The van der Waals surface area contributed by atoms with Gasteiger partial charge in [-0.2, -0.15) is 0 Å². The normalized spacial score (nSPS) is 53.5. The van der Waals surface area contributed by atoms with E-state index < -0.39 is 58.1 Å². The Balaban J connectivity index is 2.00. The van der Waals surface area contributed by atoms with Crippen molar-refractivity contribution in [2.45, 2.75) is 51.2 Å². The zero-order valence-electron chi connectivity index (χ0n) is 15.3. The van der Waals surface area contributed by atoms with Gasteiger partial charge < -0.3 is 25.2 Å². The maximum atomic E-state index is 12.5. The van der Waals surface area contributed by atoms with E-state index in [1.807, 2.05) is 0 Å². The fourth-order valence-electron chi connectivity index (χ4n) is 7.57. The summed E-state index contributed by atoms with van der Waals surface area (Å²) in [6.07, 6.45) is 0.245. The lowest BCUT2D eigenvalue weighted by Crippen LogP contribution is -2.58. The Labute approximate surface area is 157 Å². The van der Waals surface area contributed by atoms with Crippen molar-refractivity contribution in [3.63, 3.8) is 0 Å². The Morgan fingerprint density at radius 3 is 2.48 bits per heavy atom. The van der Waals surface area contributed by atoms with Crippen molar-refractivity contribution in [3.8, 4) is 0 Å². The second-order valence-corrected chi connectivity index (χ2v) is 9.40. The summed E-state index contributed by atoms with van der Waals surface area (Å²) in [5.74, 6) is -5.14. The standard InChI is InChI=1S/C20H26O7/c1-9-6-20-7-10(9)11(22)5-12(20)19(8-21)4-3-13(23)18(2,17(26)27)15(19)14(20)16(24)25/h8,10-15,22-23H,1,3-7H2,2H3,(H,24,25)(H,26,27)/t10-,11+,12+,13+,14-,15-,18-,19-,20+/m1/s1. The highest BCUT2D eigenvalue weighted by Crippen LogP contribution is 2.77. The van der Waals surface area contributed by atoms with Gasteiger partial charge in [-0.1, -0.05) is 12.2 Å². The van der Waals surface area contributed by atoms with Gasteiger partial charge in [-0.3, -0.25) is 9.59 Å². The van der Waals surface area contributed by atoms with Gasteiger partial charge in [-0.15, -0.1) is 0 Å². The average molecular weight is 378 g/mol. The summed E-state index contributed by atoms with van der Waals surface area (Å²) in [5.41, 5.74) is -2.92. The molecule has 148 valence electrons. The quantitative estimate of drug-likeness (QED) is 0.427. The first-order valence-electron chi connectivity index (χ1n) is 9.52. The van der Waals surface area contributed by atoms with Gasteiger partial charge in [0.2, 0.25) is 0 Å². The highest BCUT2D eigenvalue weighted by atomic mass is 16.4. The second kappa shape index (κ2) is 5.41. The van der Waals surface area contributed by atoms with E-state index in [1.165, 1.54) is 6.92 Å². The van der Waals surface area contributed by atoms with Gasteiger partial charge in [0.25, 0.3) is 0 Å². The molecule has 0 aliphatic heterocycles. The highest BCUT2D eigenvalue weighted by molar-refractivity contribution is 5.83. The minimum absolute atomic E-state index is 0.122. The van der Waals surface area contributed by atoms with Crippen LogP contribution in [0.1, 0.15) is 39.0 Å². The van der Waals surface area contributed by atoms with Gasteiger partial charge in [0, 0.05) is 17.3 Å². The Morgan fingerprint density at radius 2 is 1.93 bits per heavy atom. The van der Waals surface area contributed by atoms with Crippen LogP contribution in [0.4, 0.5) is 0 Å². The zero-order valence-corrected chi connectivity index (χ0v) is 15.3. The predicted molar refractivity (Wildman–Crippen MR) is 92.5 cm³/mol. The number of aliphatic hydroxyl groups excluding tert-OH is 2. The Bertz CT molecular complexity index is 747. The van der Waals surface area contributed by atoms with E-state index in [4.69, 9.17) is 0 Å². The van der Waals surface area contributed by atoms with Gasteiger partial charge in [0.1, 0.15) is 6.29 Å². The van der Waals surface area contributed by atoms with E-state index >= 15 is 0 Å². The molecule has 4 fully saturated rings. The van der Waals surface area contributed by atoms with E-state index in [9.17, 15) is 34.8 Å². The summed E-state index contributed by atoms with van der Waals surface area (Å²) in [6, 6.07) is 0. The van der Waals surface area contributed by atoms with Crippen molar-refractivity contribution >= 4 is 18.2 Å². The van der Waals surface area contributed by atoms with Crippen molar-refractivity contribution in [1.82, 2.24) is 0 Å². The summed E-state index contributed by atoms with van der Waals surface area (Å²) < 4.78 is 0. The number of hydrogen-bond acceptors (Lipinski definition) is 5. The molecule has 4 aliphatic rings. The maximum absolute atomic E-state index is 12.5. The minimum Gasteiger partial charge on any atom is -0.481 e. The summed E-state index contributed by atoms with van der Waals surface area (Å²) in [5, 5.41) is 41.4. The van der Waals surface area contributed by atoms with Crippen LogP contribution < -0.4 is 0 Å². The molecule has 0 saturated heterocycles. The highest BCUT2D eigenvalue weighted by Gasteiger charge is 2.78. The molecular weight excluding hydrogens is 352 g/mol. The minimum atomic E-state index is -1.74. The SMILES string of the molecule is C=C1C[C@]23C[C@H]1[C@@H](O)C[C@H]2[C@]1(C=O)CC[C@H](O)[C@@](C)(C(=O)O)[C@H]1[C@@H]3C(=O)O. The summed E-state index contributed by atoms with van der Waals surface area (Å²) >= 11 is 0. The van der Waals surface area contributed by atoms with Gasteiger partial charge in [-0.25, -0.2) is 0 Å². The molecule has 0 aromatic carbocycles. The zero-order chi connectivity index (χ0) is 19.9. The average Bonchev–Trinajstić information content (AvgIpc) is 3.03. The van der Waals surface area contributed by atoms with Crippen LogP contribution in [0.25, 0.3) is 0 Å². The molecule has 0 radical (unpaired) electrons. The molecule has 0 unspecified atom stereocenters. The molecule has 0 amide bonds. The molecule has 4 N–H and O–H groups in total. The molecule has 27 heavy (non-hydrogen) atoms. The molecule has 7 nitrogen and oxygen atoms in total. The number of carbonyl (C=O) groups excluding carboxylic acids is 1. The van der Waals surface area contributed by atoms with Crippen LogP contribution in [0.2, 0.25) is 0 Å². The van der Waals surface area contributed by atoms with Crippen molar-refractivity contribution in [2.75, 3.05) is 0 Å². The van der Waals surface area contributed by atoms with Crippen molar-refractivity contribution < 1.29 is 34.8 Å². The second-order valence-electron chi connectivity index (χ2n) is 9.40. The van der Waals surface area contributed by atoms with Gasteiger partial charge >= 0.3 is 11.9 Å². The summed E-state index contributed by atoms with van der Waals surface area (Å²) in [7, 11) is 0. The monoisotopic (exact) mass is 378 g/mol. The van der Waals surface area contributed by atoms with Crippen molar-refractivity contribution in [1.29, 1.82) is 0 Å². The first-order valence-corrected chi connectivity index (χ1v) is 9.52. The van der Waals surface area contributed by atoms with Crippen LogP contribution in [0, 0.1) is 39.9 Å². The van der Waals surface area contributed by atoms with E-state index in [1.54, 1.807) is 0 Å². The molecule has 7 heteroatoms. The molecule has 4 saturated carbocycles. The molecular formula is C20H26O7. The topological polar surface area (TPSA) is 132 Å². The number of hydrogen-bond donors (Lipinski definition) is 4. The number of aldehydes is 1. The Kier molecular flexibility index (Phi) is 3.73. The van der Waals surface area contributed by atoms with Crippen LogP contribution in [0.15, 0.2) is 12.2 Å². The van der Waals surface area contributed by atoms with E-state index in [0.717, 1.165) is 11.9 Å². The van der Waals surface area contributed by atoms with E-state index in [2.05, 4.69) is 6.58 Å². The lowest BCUT2D eigenvalue weighted by Gasteiger charge is -2.51. The maximum Gasteiger partial charge on any atom is 0.312 e. The molecule has 2 bridgehead atoms. The molecule has 0 aromatic heterocycles. The molecule has 0 aromatic rings. The third-order valence-corrected chi connectivity index (χ3v) is 8.63. The predicted octanol–water partition coefficient (Wildman–Crippen LogP) is 1.08. The van der Waals surface area contributed by atoms with Gasteiger partial charge in [0.15, 0.2) is 0 Å². The summed E-state index contributed by atoms with van der Waals surface area (Å²) in [6.45, 7) is 5.42. The lowest BCUT2D eigenvalue weighted by atomic mass is 9.52. The molecule has 9 atom stereocenters. The number of carboxylic acid groups (broad SMARTS) is 2. The first kappa shape index (κ1) is 18.6. The van der Waals surface area contributed by atoms with Crippen LogP contribution in [-0.2, 0) is 14.4 Å². The largest absolute Gasteiger partial charge is 0.481 e.